The van der Waals surface area contributed by atoms with Gasteiger partial charge in [-0.1, -0.05) is 0 Å². The van der Waals surface area contributed by atoms with Crippen molar-refractivity contribution in [2.75, 3.05) is 5.32 Å². The first-order valence-corrected chi connectivity index (χ1v) is 6.95. The van der Waals surface area contributed by atoms with Crippen molar-refractivity contribution in [3.8, 4) is 0 Å². The number of rotatable bonds is 3. The van der Waals surface area contributed by atoms with Crippen molar-refractivity contribution in [3.05, 3.63) is 63.1 Å². The Balaban J connectivity index is 2.32. The maximum atomic E-state index is 13.9. The van der Waals surface area contributed by atoms with E-state index < -0.39 is 29.3 Å². The molecule has 0 saturated heterocycles. The van der Waals surface area contributed by atoms with E-state index in [1.807, 2.05) is 0 Å². The SMILES string of the molecule is Cc1cc(F)c(C(C)Nc2cc(Br)c(F)cc2F)cc1F. The zero-order chi connectivity index (χ0) is 15.7. The summed E-state index contributed by atoms with van der Waals surface area (Å²) >= 11 is 2.95. The van der Waals surface area contributed by atoms with Crippen LogP contribution >= 0.6 is 15.9 Å². The number of hydrogen-bond acceptors (Lipinski definition) is 1. The molecule has 0 aliphatic carbocycles. The quantitative estimate of drug-likeness (QED) is 0.563. The highest BCUT2D eigenvalue weighted by atomic mass is 79.9. The van der Waals surface area contributed by atoms with E-state index in [-0.39, 0.29) is 21.3 Å². The molecule has 0 saturated carbocycles. The smallest absolute Gasteiger partial charge is 0.149 e. The van der Waals surface area contributed by atoms with Crippen LogP contribution in [0.5, 0.6) is 0 Å². The van der Waals surface area contributed by atoms with E-state index in [2.05, 4.69) is 21.2 Å². The molecule has 1 unspecified atom stereocenters. The average molecular weight is 362 g/mol. The summed E-state index contributed by atoms with van der Waals surface area (Å²) in [6.45, 7) is 3.01. The molecule has 1 atom stereocenters. The van der Waals surface area contributed by atoms with Gasteiger partial charge in [0.2, 0.25) is 0 Å². The van der Waals surface area contributed by atoms with Crippen molar-refractivity contribution < 1.29 is 17.6 Å². The topological polar surface area (TPSA) is 12.0 Å². The lowest BCUT2D eigenvalue weighted by Gasteiger charge is -2.18. The predicted molar refractivity (Wildman–Crippen MR) is 77.2 cm³/mol. The van der Waals surface area contributed by atoms with Gasteiger partial charge in [0.1, 0.15) is 23.3 Å². The Labute approximate surface area is 128 Å². The zero-order valence-electron chi connectivity index (χ0n) is 11.3. The average Bonchev–Trinajstić information content (AvgIpc) is 2.40. The summed E-state index contributed by atoms with van der Waals surface area (Å²) in [4.78, 5) is 0. The van der Waals surface area contributed by atoms with Gasteiger partial charge in [-0.3, -0.25) is 0 Å². The first-order valence-electron chi connectivity index (χ1n) is 6.16. The highest BCUT2D eigenvalue weighted by molar-refractivity contribution is 9.10. The van der Waals surface area contributed by atoms with Crippen LogP contribution in [-0.2, 0) is 0 Å². The molecule has 0 aromatic heterocycles. The number of nitrogens with one attached hydrogen (secondary N) is 1. The number of halogens is 5. The van der Waals surface area contributed by atoms with Gasteiger partial charge >= 0.3 is 0 Å². The van der Waals surface area contributed by atoms with Crippen LogP contribution in [-0.4, -0.2) is 0 Å². The summed E-state index contributed by atoms with van der Waals surface area (Å²) < 4.78 is 54.3. The molecule has 0 radical (unpaired) electrons. The summed E-state index contributed by atoms with van der Waals surface area (Å²) in [5.74, 6) is -2.68. The third-order valence-corrected chi connectivity index (χ3v) is 3.73. The molecule has 2 aromatic rings. The van der Waals surface area contributed by atoms with Crippen LogP contribution in [0.15, 0.2) is 28.7 Å². The summed E-state index contributed by atoms with van der Waals surface area (Å²) in [6.07, 6.45) is 0. The Morgan fingerprint density at radius 2 is 1.57 bits per heavy atom. The molecule has 1 N–H and O–H groups in total. The van der Waals surface area contributed by atoms with Gasteiger partial charge in [-0.15, -0.1) is 0 Å². The predicted octanol–water partition coefficient (Wildman–Crippen LogP) is 5.49. The second kappa shape index (κ2) is 6.05. The van der Waals surface area contributed by atoms with E-state index in [9.17, 15) is 17.6 Å². The fourth-order valence-electron chi connectivity index (χ4n) is 1.94. The Bertz CT molecular complexity index is 688. The van der Waals surface area contributed by atoms with E-state index in [1.165, 1.54) is 13.0 Å². The Morgan fingerprint density at radius 1 is 0.905 bits per heavy atom. The van der Waals surface area contributed by atoms with Gasteiger partial charge in [-0.25, -0.2) is 17.6 Å². The normalized spacial score (nSPS) is 12.3. The van der Waals surface area contributed by atoms with E-state index in [0.717, 1.165) is 12.1 Å². The molecule has 0 aliphatic rings. The van der Waals surface area contributed by atoms with Crippen molar-refractivity contribution in [1.29, 1.82) is 0 Å². The minimum Gasteiger partial charge on any atom is -0.376 e. The molecule has 0 fully saturated rings. The van der Waals surface area contributed by atoms with Gasteiger partial charge in [0, 0.05) is 11.6 Å². The number of anilines is 1. The standard InChI is InChI=1S/C15H12BrF4N/c1-7-3-12(18)9(4-11(7)17)8(2)21-15-5-10(16)13(19)6-14(15)20/h3-6,8,21H,1-2H3. The Kier molecular flexibility index (Phi) is 4.56. The summed E-state index contributed by atoms with van der Waals surface area (Å²) in [7, 11) is 0. The maximum Gasteiger partial charge on any atom is 0.149 e. The van der Waals surface area contributed by atoms with Crippen molar-refractivity contribution in [2.24, 2.45) is 0 Å². The van der Waals surface area contributed by atoms with Crippen LogP contribution in [0.2, 0.25) is 0 Å². The van der Waals surface area contributed by atoms with Gasteiger partial charge < -0.3 is 5.32 Å². The fraction of sp³-hybridized carbons (Fsp3) is 0.200. The third kappa shape index (κ3) is 3.37. The van der Waals surface area contributed by atoms with Gasteiger partial charge in [0.25, 0.3) is 0 Å². The Morgan fingerprint density at radius 3 is 2.24 bits per heavy atom. The molecular weight excluding hydrogens is 350 g/mol. The van der Waals surface area contributed by atoms with E-state index in [4.69, 9.17) is 0 Å². The van der Waals surface area contributed by atoms with Crippen molar-refractivity contribution in [1.82, 2.24) is 0 Å². The second-order valence-electron chi connectivity index (χ2n) is 4.74. The first kappa shape index (κ1) is 15.8. The highest BCUT2D eigenvalue weighted by Crippen LogP contribution is 2.28. The van der Waals surface area contributed by atoms with Gasteiger partial charge in [-0.05, 0) is 53.5 Å². The minimum absolute atomic E-state index is 0.00356. The molecule has 21 heavy (non-hydrogen) atoms. The molecule has 0 amide bonds. The Hall–Kier alpha value is -1.56. The van der Waals surface area contributed by atoms with Crippen molar-refractivity contribution in [3.63, 3.8) is 0 Å². The molecule has 112 valence electrons. The van der Waals surface area contributed by atoms with Crippen LogP contribution in [0.4, 0.5) is 23.2 Å². The molecule has 2 aromatic carbocycles. The van der Waals surface area contributed by atoms with Crippen LogP contribution in [0.3, 0.4) is 0 Å². The molecule has 2 rings (SSSR count). The first-order chi connectivity index (χ1) is 9.79. The van der Waals surface area contributed by atoms with Crippen LogP contribution in [0.25, 0.3) is 0 Å². The van der Waals surface area contributed by atoms with E-state index in [1.54, 1.807) is 6.92 Å². The minimum atomic E-state index is -0.810. The number of benzene rings is 2. The summed E-state index contributed by atoms with van der Waals surface area (Å²) in [6, 6.07) is 3.39. The number of hydrogen-bond donors (Lipinski definition) is 1. The summed E-state index contributed by atoms with van der Waals surface area (Å²) in [5, 5.41) is 2.70. The lowest BCUT2D eigenvalue weighted by Crippen LogP contribution is -2.11. The highest BCUT2D eigenvalue weighted by Gasteiger charge is 2.16. The van der Waals surface area contributed by atoms with Crippen LogP contribution in [0, 0.1) is 30.2 Å². The molecule has 0 bridgehead atoms. The second-order valence-corrected chi connectivity index (χ2v) is 5.59. The van der Waals surface area contributed by atoms with Crippen LogP contribution < -0.4 is 5.32 Å². The lowest BCUT2D eigenvalue weighted by molar-refractivity contribution is 0.566. The molecule has 0 heterocycles. The fourth-order valence-corrected chi connectivity index (χ4v) is 2.28. The summed E-state index contributed by atoms with van der Waals surface area (Å²) in [5.41, 5.74) is 0.258. The zero-order valence-corrected chi connectivity index (χ0v) is 12.9. The van der Waals surface area contributed by atoms with Crippen LogP contribution in [0.1, 0.15) is 24.1 Å². The molecule has 1 nitrogen and oxygen atoms in total. The monoisotopic (exact) mass is 361 g/mol. The van der Waals surface area contributed by atoms with Gasteiger partial charge in [-0.2, -0.15) is 0 Å². The van der Waals surface area contributed by atoms with E-state index >= 15 is 0 Å². The molecule has 0 aliphatic heterocycles. The largest absolute Gasteiger partial charge is 0.376 e. The maximum absolute atomic E-state index is 13.9. The van der Waals surface area contributed by atoms with Gasteiger partial charge in [0.15, 0.2) is 0 Å². The van der Waals surface area contributed by atoms with Crippen molar-refractivity contribution >= 4 is 21.6 Å². The molecule has 6 heteroatoms. The number of aryl methyl sites for hydroxylation is 1. The van der Waals surface area contributed by atoms with Gasteiger partial charge in [0.05, 0.1) is 16.2 Å². The van der Waals surface area contributed by atoms with Crippen molar-refractivity contribution in [2.45, 2.75) is 19.9 Å². The third-order valence-electron chi connectivity index (χ3n) is 3.13. The lowest BCUT2D eigenvalue weighted by atomic mass is 10.0. The molecule has 0 spiro atoms. The van der Waals surface area contributed by atoms with E-state index in [0.29, 0.717) is 6.07 Å². The molecular formula is C15H12BrF4N.